The van der Waals surface area contributed by atoms with E-state index in [-0.39, 0.29) is 17.8 Å². The minimum absolute atomic E-state index is 0.218. The van der Waals surface area contributed by atoms with Crippen molar-refractivity contribution in [3.63, 3.8) is 0 Å². The number of hydrogen-bond acceptors (Lipinski definition) is 5. The van der Waals surface area contributed by atoms with E-state index in [2.05, 4.69) is 4.90 Å². The van der Waals surface area contributed by atoms with Crippen LogP contribution in [0.15, 0.2) is 88.5 Å². The summed E-state index contributed by atoms with van der Waals surface area (Å²) in [5.74, 6) is 2.18. The van der Waals surface area contributed by atoms with Gasteiger partial charge in [-0.15, -0.1) is 0 Å². The number of nitrogens with zero attached hydrogens (tertiary/aromatic N) is 5. The molecule has 8 nitrogen and oxygen atoms in total. The summed E-state index contributed by atoms with van der Waals surface area (Å²) >= 11 is 0. The number of imidazole rings is 1. The third kappa shape index (κ3) is 4.10. The molecule has 0 fully saturated rings. The van der Waals surface area contributed by atoms with E-state index < -0.39 is 0 Å². The van der Waals surface area contributed by atoms with Crippen molar-refractivity contribution in [2.75, 3.05) is 11.4 Å². The van der Waals surface area contributed by atoms with Gasteiger partial charge in [-0.1, -0.05) is 48.0 Å². The molecule has 1 aliphatic rings. The lowest BCUT2D eigenvalue weighted by Crippen LogP contribution is -2.40. The molecular weight excluding hydrogens is 466 g/mol. The van der Waals surface area contributed by atoms with Crippen LogP contribution in [0.1, 0.15) is 17.5 Å². The van der Waals surface area contributed by atoms with Crippen molar-refractivity contribution in [3.8, 4) is 11.5 Å². The van der Waals surface area contributed by atoms with Gasteiger partial charge in [0.05, 0.1) is 6.54 Å². The molecule has 8 heteroatoms. The van der Waals surface area contributed by atoms with Gasteiger partial charge in [0, 0.05) is 25.8 Å². The maximum Gasteiger partial charge on any atom is 0.332 e. The SMILES string of the molecule is Cc1cccc(Cn2c(=O)c3c(nc4n3CCCN4c3ccc(Oc4ccccc4)cc3)n(C)c2=O)c1. The van der Waals surface area contributed by atoms with Crippen LogP contribution in [0.4, 0.5) is 11.6 Å². The fourth-order valence-electron chi connectivity index (χ4n) is 4.96. The number of aryl methyl sites for hydroxylation is 3. The molecule has 1 aliphatic heterocycles. The Morgan fingerprint density at radius 2 is 1.65 bits per heavy atom. The maximum absolute atomic E-state index is 13.6. The van der Waals surface area contributed by atoms with Crippen molar-refractivity contribution in [2.24, 2.45) is 7.05 Å². The van der Waals surface area contributed by atoms with Crippen LogP contribution in [-0.2, 0) is 20.1 Å². The van der Waals surface area contributed by atoms with Crippen LogP contribution >= 0.6 is 0 Å². The lowest BCUT2D eigenvalue weighted by Gasteiger charge is -2.29. The summed E-state index contributed by atoms with van der Waals surface area (Å²) in [6, 6.07) is 25.3. The fraction of sp³-hybridized carbons (Fsp3) is 0.207. The molecular formula is C29H27N5O3. The average molecular weight is 494 g/mol. The number of ether oxygens (including phenoxy) is 1. The van der Waals surface area contributed by atoms with Crippen molar-refractivity contribution in [1.82, 2.24) is 18.7 Å². The first-order valence-electron chi connectivity index (χ1n) is 12.4. The highest BCUT2D eigenvalue weighted by molar-refractivity contribution is 5.77. The highest BCUT2D eigenvalue weighted by Gasteiger charge is 2.27. The molecule has 3 heterocycles. The lowest BCUT2D eigenvalue weighted by molar-refractivity contribution is 0.482. The van der Waals surface area contributed by atoms with Gasteiger partial charge in [-0.2, -0.15) is 4.98 Å². The van der Waals surface area contributed by atoms with Crippen molar-refractivity contribution >= 4 is 22.8 Å². The standard InChI is InChI=1S/C29H27N5O3/c1-20-8-6-9-21(18-20)19-34-27(35)25-26(31(2)29(34)36)30-28-32(16-7-17-33(25)28)22-12-14-24(15-13-22)37-23-10-4-3-5-11-23/h3-6,8-15,18H,7,16-17,19H2,1-2H3. The topological polar surface area (TPSA) is 74.3 Å². The van der Waals surface area contributed by atoms with Crippen LogP contribution in [0.25, 0.3) is 11.2 Å². The van der Waals surface area contributed by atoms with E-state index in [0.717, 1.165) is 41.3 Å². The summed E-state index contributed by atoms with van der Waals surface area (Å²) in [7, 11) is 1.68. The van der Waals surface area contributed by atoms with E-state index in [4.69, 9.17) is 9.72 Å². The monoisotopic (exact) mass is 493 g/mol. The third-order valence-corrected chi connectivity index (χ3v) is 6.77. The lowest BCUT2D eigenvalue weighted by atomic mass is 10.1. The first-order valence-corrected chi connectivity index (χ1v) is 12.4. The summed E-state index contributed by atoms with van der Waals surface area (Å²) in [4.78, 5) is 33.7. The smallest absolute Gasteiger partial charge is 0.332 e. The van der Waals surface area contributed by atoms with E-state index in [1.807, 2.05) is 90.4 Å². The van der Waals surface area contributed by atoms with Crippen LogP contribution in [-0.4, -0.2) is 25.2 Å². The van der Waals surface area contributed by atoms with Gasteiger partial charge in [0.1, 0.15) is 11.5 Å². The molecule has 3 aromatic carbocycles. The normalized spacial score (nSPS) is 13.1. The third-order valence-electron chi connectivity index (χ3n) is 6.77. The van der Waals surface area contributed by atoms with Crippen LogP contribution < -0.4 is 20.9 Å². The number of benzene rings is 3. The molecule has 0 saturated carbocycles. The summed E-state index contributed by atoms with van der Waals surface area (Å²) in [6.07, 6.45) is 0.848. The fourth-order valence-corrected chi connectivity index (χ4v) is 4.96. The Labute approximate surface area is 213 Å². The van der Waals surface area contributed by atoms with E-state index in [0.29, 0.717) is 23.7 Å². The van der Waals surface area contributed by atoms with E-state index in [1.165, 1.54) is 9.13 Å². The summed E-state index contributed by atoms with van der Waals surface area (Å²) in [5.41, 5.74) is 3.12. The Morgan fingerprint density at radius 3 is 2.41 bits per heavy atom. The first kappa shape index (κ1) is 22.8. The minimum atomic E-state index is -0.372. The molecule has 0 atom stereocenters. The highest BCUT2D eigenvalue weighted by atomic mass is 16.5. The second kappa shape index (κ2) is 9.13. The Bertz CT molecular complexity index is 1720. The van der Waals surface area contributed by atoms with E-state index >= 15 is 0 Å². The van der Waals surface area contributed by atoms with Crippen LogP contribution in [0, 0.1) is 6.92 Å². The summed E-state index contributed by atoms with van der Waals surface area (Å²) < 4.78 is 10.7. The van der Waals surface area contributed by atoms with E-state index in [9.17, 15) is 9.59 Å². The average Bonchev–Trinajstić information content (AvgIpc) is 3.31. The highest BCUT2D eigenvalue weighted by Crippen LogP contribution is 2.32. The molecule has 0 spiro atoms. The summed E-state index contributed by atoms with van der Waals surface area (Å²) in [6.45, 7) is 3.63. The Kier molecular flexibility index (Phi) is 5.64. The molecule has 0 saturated heterocycles. The van der Waals surface area contributed by atoms with E-state index in [1.54, 1.807) is 7.05 Å². The van der Waals surface area contributed by atoms with Crippen LogP contribution in [0.5, 0.6) is 11.5 Å². The molecule has 0 amide bonds. The molecule has 5 aromatic rings. The summed E-state index contributed by atoms with van der Waals surface area (Å²) in [5, 5.41) is 0. The Morgan fingerprint density at radius 1 is 0.892 bits per heavy atom. The van der Waals surface area contributed by atoms with Crippen molar-refractivity contribution in [2.45, 2.75) is 26.4 Å². The van der Waals surface area contributed by atoms with Gasteiger partial charge in [-0.3, -0.25) is 13.9 Å². The molecule has 0 aliphatic carbocycles. The number of hydrogen-bond donors (Lipinski definition) is 0. The Balaban J connectivity index is 1.39. The first-order chi connectivity index (χ1) is 18.0. The number of rotatable bonds is 5. The Hall–Kier alpha value is -4.59. The van der Waals surface area contributed by atoms with Gasteiger partial charge in [-0.25, -0.2) is 4.79 Å². The van der Waals surface area contributed by atoms with Crippen LogP contribution in [0.2, 0.25) is 0 Å². The van der Waals surface area contributed by atoms with Gasteiger partial charge < -0.3 is 14.2 Å². The molecule has 0 bridgehead atoms. The van der Waals surface area contributed by atoms with Gasteiger partial charge in [0.15, 0.2) is 11.2 Å². The van der Waals surface area contributed by atoms with Gasteiger partial charge >= 0.3 is 5.69 Å². The largest absolute Gasteiger partial charge is 0.457 e. The predicted molar refractivity (Wildman–Crippen MR) is 144 cm³/mol. The molecule has 6 rings (SSSR count). The van der Waals surface area contributed by atoms with Crippen molar-refractivity contribution in [3.05, 3.63) is 111 Å². The zero-order valence-corrected chi connectivity index (χ0v) is 20.8. The quantitative estimate of drug-likeness (QED) is 0.358. The van der Waals surface area contributed by atoms with Crippen molar-refractivity contribution < 1.29 is 4.74 Å². The van der Waals surface area contributed by atoms with Gasteiger partial charge in [0.25, 0.3) is 5.56 Å². The minimum Gasteiger partial charge on any atom is -0.457 e. The van der Waals surface area contributed by atoms with Gasteiger partial charge in [0.2, 0.25) is 5.95 Å². The predicted octanol–water partition coefficient (Wildman–Crippen LogP) is 4.59. The molecule has 0 unspecified atom stereocenters. The molecule has 37 heavy (non-hydrogen) atoms. The molecule has 0 radical (unpaired) electrons. The zero-order valence-electron chi connectivity index (χ0n) is 20.8. The molecule has 2 aromatic heterocycles. The van der Waals surface area contributed by atoms with Crippen LogP contribution in [0.3, 0.4) is 0 Å². The zero-order chi connectivity index (χ0) is 25.5. The van der Waals surface area contributed by atoms with Gasteiger partial charge in [-0.05, 0) is 55.3 Å². The second-order valence-electron chi connectivity index (χ2n) is 9.37. The molecule has 186 valence electrons. The second-order valence-corrected chi connectivity index (χ2v) is 9.37. The molecule has 0 N–H and O–H groups in total. The number of anilines is 2. The number of aromatic nitrogens is 4. The number of para-hydroxylation sites is 1. The van der Waals surface area contributed by atoms with Crippen molar-refractivity contribution in [1.29, 1.82) is 0 Å². The maximum atomic E-state index is 13.6. The number of fused-ring (bicyclic) bond motifs is 3.